The second kappa shape index (κ2) is 9.99. The van der Waals surface area contributed by atoms with Crippen LogP contribution >= 0.6 is 11.8 Å². The van der Waals surface area contributed by atoms with E-state index in [0.717, 1.165) is 12.8 Å². The van der Waals surface area contributed by atoms with E-state index in [-0.39, 0.29) is 42.3 Å². The quantitative estimate of drug-likeness (QED) is 0.397. The number of carbonyl (C=O) groups is 3. The number of hydrogen-bond donors (Lipinski definition) is 1. The Hall–Kier alpha value is -1.80. The fourth-order valence-corrected chi connectivity index (χ4v) is 9.68. The maximum absolute atomic E-state index is 14.8. The van der Waals surface area contributed by atoms with E-state index in [9.17, 15) is 19.5 Å². The molecule has 0 aromatic carbocycles. The molecule has 7 nitrogen and oxygen atoms in total. The lowest BCUT2D eigenvalue weighted by molar-refractivity contribution is -0.155. The van der Waals surface area contributed by atoms with Crippen LogP contribution in [-0.4, -0.2) is 79.6 Å². The molecular weight excluding hydrogens is 500 g/mol. The topological polar surface area (TPSA) is 87.2 Å². The molecule has 4 rings (SSSR count). The SMILES string of the molecule is CC[C@H](C)[C@H](CO)N1C(=O)[C@@H]2[C@H]3C(=O)OCCC=C[C@@]3(C)S[C@@]23C=CCN(C(C)(C)CC(C)(C)C)C(=O)C13. The largest absolute Gasteiger partial charge is 0.465 e. The zero-order chi connectivity index (χ0) is 28.3. The molecule has 4 aliphatic heterocycles. The highest BCUT2D eigenvalue weighted by molar-refractivity contribution is 8.02. The van der Waals surface area contributed by atoms with Gasteiger partial charge in [-0.15, -0.1) is 11.8 Å². The maximum Gasteiger partial charge on any atom is 0.311 e. The number of ether oxygens (including phenoxy) is 1. The fraction of sp³-hybridized carbons (Fsp3) is 0.767. The average molecular weight is 547 g/mol. The smallest absolute Gasteiger partial charge is 0.311 e. The van der Waals surface area contributed by atoms with Gasteiger partial charge in [0.05, 0.1) is 35.8 Å². The summed E-state index contributed by atoms with van der Waals surface area (Å²) < 4.78 is 4.01. The van der Waals surface area contributed by atoms with E-state index < -0.39 is 39.0 Å². The fourth-order valence-electron chi connectivity index (χ4n) is 7.54. The molecule has 0 aromatic rings. The van der Waals surface area contributed by atoms with Crippen molar-refractivity contribution in [2.45, 2.75) is 102 Å². The Labute approximate surface area is 232 Å². The lowest BCUT2D eigenvalue weighted by Gasteiger charge is -2.46. The summed E-state index contributed by atoms with van der Waals surface area (Å²) in [4.78, 5) is 46.4. The normalized spacial score (nSPS) is 35.2. The molecule has 1 unspecified atom stereocenters. The summed E-state index contributed by atoms with van der Waals surface area (Å²) in [6, 6.07) is -1.34. The van der Waals surface area contributed by atoms with Crippen molar-refractivity contribution in [2.75, 3.05) is 19.8 Å². The van der Waals surface area contributed by atoms with E-state index in [1.165, 1.54) is 0 Å². The molecule has 2 fully saturated rings. The van der Waals surface area contributed by atoms with Gasteiger partial charge < -0.3 is 19.6 Å². The van der Waals surface area contributed by atoms with E-state index in [0.29, 0.717) is 13.0 Å². The molecule has 2 amide bonds. The highest BCUT2D eigenvalue weighted by Crippen LogP contribution is 2.66. The van der Waals surface area contributed by atoms with Gasteiger partial charge in [-0.3, -0.25) is 14.4 Å². The van der Waals surface area contributed by atoms with Crippen LogP contribution in [0.15, 0.2) is 24.3 Å². The molecule has 0 aromatic heterocycles. The second-order valence-electron chi connectivity index (χ2n) is 13.6. The standard InChI is InChI=1S/C30H46N2O5S/c1-9-19(2)20(17-33)32-23-25(35)31(28(6,7)18-27(3,4)5)15-12-14-30(23)21(24(32)34)22-26(36)37-16-11-10-13-29(22,8)38-30/h10,12-14,19-23,33H,9,11,15-18H2,1-8H3/t19-,20-,21-,22-,23?,29+,30-/m0/s1. The minimum absolute atomic E-state index is 0.00879. The Morgan fingerprint density at radius 2 is 1.79 bits per heavy atom. The summed E-state index contributed by atoms with van der Waals surface area (Å²) in [6.45, 7) is 17.2. The van der Waals surface area contributed by atoms with Gasteiger partial charge in [-0.05, 0) is 44.9 Å². The third-order valence-corrected chi connectivity index (χ3v) is 10.8. The Kier molecular flexibility index (Phi) is 7.67. The van der Waals surface area contributed by atoms with Crippen molar-refractivity contribution in [2.24, 2.45) is 23.2 Å². The molecule has 4 heterocycles. The van der Waals surface area contributed by atoms with Gasteiger partial charge in [0.1, 0.15) is 6.04 Å². The number of rotatable bonds is 6. The van der Waals surface area contributed by atoms with Crippen molar-refractivity contribution in [1.82, 2.24) is 9.80 Å². The van der Waals surface area contributed by atoms with Gasteiger partial charge in [-0.1, -0.05) is 65.3 Å². The lowest BCUT2D eigenvalue weighted by Crippen LogP contribution is -2.61. The van der Waals surface area contributed by atoms with Gasteiger partial charge in [0.25, 0.3) is 0 Å². The van der Waals surface area contributed by atoms with Crippen LogP contribution < -0.4 is 0 Å². The number of esters is 1. The van der Waals surface area contributed by atoms with Crippen LogP contribution in [0.25, 0.3) is 0 Å². The molecule has 0 saturated carbocycles. The maximum atomic E-state index is 14.8. The van der Waals surface area contributed by atoms with Crippen LogP contribution in [0, 0.1) is 23.2 Å². The molecule has 38 heavy (non-hydrogen) atoms. The summed E-state index contributed by atoms with van der Waals surface area (Å²) in [5, 5.41) is 10.6. The van der Waals surface area contributed by atoms with Crippen LogP contribution in [0.5, 0.6) is 0 Å². The molecule has 212 valence electrons. The van der Waals surface area contributed by atoms with Crippen molar-refractivity contribution in [3.63, 3.8) is 0 Å². The molecule has 7 atom stereocenters. The van der Waals surface area contributed by atoms with Crippen LogP contribution in [0.4, 0.5) is 0 Å². The Morgan fingerprint density at radius 1 is 1.11 bits per heavy atom. The first-order valence-electron chi connectivity index (χ1n) is 14.1. The molecular formula is C30H46N2O5S. The predicted molar refractivity (Wildman–Crippen MR) is 150 cm³/mol. The van der Waals surface area contributed by atoms with Gasteiger partial charge in [-0.25, -0.2) is 0 Å². The zero-order valence-corrected chi connectivity index (χ0v) is 25.1. The number of carbonyl (C=O) groups excluding carboxylic acids is 3. The van der Waals surface area contributed by atoms with Crippen LogP contribution in [0.3, 0.4) is 0 Å². The predicted octanol–water partition coefficient (Wildman–Crippen LogP) is 4.20. The van der Waals surface area contributed by atoms with Gasteiger partial charge in [0.2, 0.25) is 11.8 Å². The zero-order valence-electron chi connectivity index (χ0n) is 24.3. The molecule has 2 saturated heterocycles. The summed E-state index contributed by atoms with van der Waals surface area (Å²) in [6.07, 6.45) is 10.3. The number of nitrogens with zero attached hydrogens (tertiary/aromatic N) is 2. The molecule has 4 aliphatic rings. The number of likely N-dealkylation sites (tertiary alicyclic amines) is 1. The van der Waals surface area contributed by atoms with Crippen LogP contribution in [-0.2, 0) is 19.1 Å². The third-order valence-electron chi connectivity index (χ3n) is 9.00. The molecule has 8 heteroatoms. The monoisotopic (exact) mass is 546 g/mol. The van der Waals surface area contributed by atoms with Crippen molar-refractivity contribution in [3.05, 3.63) is 24.3 Å². The van der Waals surface area contributed by atoms with Crippen molar-refractivity contribution >= 4 is 29.5 Å². The molecule has 1 N–H and O–H groups in total. The van der Waals surface area contributed by atoms with E-state index in [1.807, 2.05) is 50.0 Å². The minimum atomic E-state index is -0.936. The highest BCUT2D eigenvalue weighted by Gasteiger charge is 2.75. The number of cyclic esters (lactones) is 1. The number of hydrogen-bond acceptors (Lipinski definition) is 6. The van der Waals surface area contributed by atoms with E-state index in [4.69, 9.17) is 4.74 Å². The first-order valence-corrected chi connectivity index (χ1v) is 14.9. The van der Waals surface area contributed by atoms with Crippen molar-refractivity contribution in [1.29, 1.82) is 0 Å². The van der Waals surface area contributed by atoms with Gasteiger partial charge >= 0.3 is 5.97 Å². The van der Waals surface area contributed by atoms with Crippen molar-refractivity contribution in [3.8, 4) is 0 Å². The van der Waals surface area contributed by atoms with Gasteiger partial charge in [0, 0.05) is 16.8 Å². The number of aliphatic hydroxyl groups excluding tert-OH is 1. The van der Waals surface area contributed by atoms with E-state index in [2.05, 4.69) is 34.6 Å². The summed E-state index contributed by atoms with van der Waals surface area (Å²) >= 11 is 1.56. The highest BCUT2D eigenvalue weighted by atomic mass is 32.2. The van der Waals surface area contributed by atoms with Crippen LogP contribution in [0.2, 0.25) is 0 Å². The number of thioether (sulfide) groups is 1. The van der Waals surface area contributed by atoms with Crippen LogP contribution in [0.1, 0.15) is 74.7 Å². The van der Waals surface area contributed by atoms with E-state index in [1.54, 1.807) is 16.7 Å². The first kappa shape index (κ1) is 29.2. The molecule has 0 radical (unpaired) electrons. The minimum Gasteiger partial charge on any atom is -0.465 e. The number of fused-ring (bicyclic) bond motifs is 2. The lowest BCUT2D eigenvalue weighted by atomic mass is 9.74. The number of aliphatic hydroxyl groups is 1. The van der Waals surface area contributed by atoms with Gasteiger partial charge in [0.15, 0.2) is 0 Å². The summed E-state index contributed by atoms with van der Waals surface area (Å²) in [5.74, 6) is -2.19. The summed E-state index contributed by atoms with van der Waals surface area (Å²) in [5.41, 5.74) is -0.470. The summed E-state index contributed by atoms with van der Waals surface area (Å²) in [7, 11) is 0. The number of amides is 2. The van der Waals surface area contributed by atoms with E-state index >= 15 is 0 Å². The first-order chi connectivity index (χ1) is 17.6. The Bertz CT molecular complexity index is 1030. The average Bonchev–Trinajstić information content (AvgIpc) is 3.11. The van der Waals surface area contributed by atoms with Crippen molar-refractivity contribution < 1.29 is 24.2 Å². The molecule has 0 bridgehead atoms. The molecule has 0 aliphatic carbocycles. The molecule has 1 spiro atoms. The Morgan fingerprint density at radius 3 is 2.39 bits per heavy atom. The Balaban J connectivity index is 1.91. The third kappa shape index (κ3) is 4.63. The van der Waals surface area contributed by atoms with Gasteiger partial charge in [-0.2, -0.15) is 0 Å². The second-order valence-corrected chi connectivity index (χ2v) is 15.4.